The molecule has 4 aliphatic rings. The predicted molar refractivity (Wildman–Crippen MR) is 119 cm³/mol. The van der Waals surface area contributed by atoms with E-state index in [-0.39, 0.29) is 6.10 Å². The summed E-state index contributed by atoms with van der Waals surface area (Å²) in [6.07, 6.45) is 16.7. The number of rotatable bonds is 5. The molecule has 28 heavy (non-hydrogen) atoms. The van der Waals surface area contributed by atoms with Gasteiger partial charge in [-0.1, -0.05) is 44.4 Å². The number of aliphatic hydroxyl groups excluding tert-OH is 1. The molecule has 1 nitrogen and oxygen atoms in total. The van der Waals surface area contributed by atoms with E-state index in [0.29, 0.717) is 10.8 Å². The predicted octanol–water partition coefficient (Wildman–Crippen LogP) is 7.31. The van der Waals surface area contributed by atoms with Crippen LogP contribution in [0, 0.1) is 40.4 Å². The lowest BCUT2D eigenvalue weighted by Gasteiger charge is -2.58. The Morgan fingerprint density at radius 1 is 1.18 bits per heavy atom. The fraction of sp³-hybridized carbons (Fsp3) is 0.852. The Labute approximate surface area is 174 Å². The van der Waals surface area contributed by atoms with E-state index in [1.54, 1.807) is 5.57 Å². The van der Waals surface area contributed by atoms with Gasteiger partial charge in [0.25, 0.3) is 0 Å². The molecule has 0 aliphatic heterocycles. The Morgan fingerprint density at radius 2 is 1.96 bits per heavy atom. The summed E-state index contributed by atoms with van der Waals surface area (Å²) in [5.41, 5.74) is 3.91. The van der Waals surface area contributed by atoms with Crippen LogP contribution in [0.1, 0.15) is 98.3 Å². The maximum absolute atomic E-state index is 10.2. The summed E-state index contributed by atoms with van der Waals surface area (Å²) in [5, 5.41) is 10.2. The second kappa shape index (κ2) is 7.60. The largest absolute Gasteiger partial charge is 0.393 e. The molecule has 1 N–H and O–H groups in total. The molecular weight excluding hydrogens is 341 g/mol. The third kappa shape index (κ3) is 3.34. The molecule has 0 radical (unpaired) electrons. The van der Waals surface area contributed by atoms with Gasteiger partial charge in [-0.15, -0.1) is 6.58 Å². The number of hydrogen-bond donors (Lipinski definition) is 1. The third-order valence-corrected chi connectivity index (χ3v) is 10.1. The molecule has 1 unspecified atom stereocenters. The van der Waals surface area contributed by atoms with Crippen LogP contribution in [0.25, 0.3) is 0 Å². The first-order valence-corrected chi connectivity index (χ1v) is 12.3. The molecule has 0 aromatic rings. The lowest BCUT2D eigenvalue weighted by Crippen LogP contribution is -2.50. The van der Waals surface area contributed by atoms with E-state index < -0.39 is 0 Å². The minimum Gasteiger partial charge on any atom is -0.393 e. The minimum atomic E-state index is -0.0827. The van der Waals surface area contributed by atoms with Crippen LogP contribution in [0.2, 0.25) is 0 Å². The van der Waals surface area contributed by atoms with E-state index in [2.05, 4.69) is 40.3 Å². The van der Waals surface area contributed by atoms with Crippen molar-refractivity contribution in [1.29, 1.82) is 0 Å². The van der Waals surface area contributed by atoms with Crippen LogP contribution in [-0.4, -0.2) is 11.2 Å². The van der Waals surface area contributed by atoms with E-state index in [1.165, 1.54) is 63.4 Å². The number of fused-ring (bicyclic) bond motifs is 5. The van der Waals surface area contributed by atoms with Crippen molar-refractivity contribution in [3.8, 4) is 0 Å². The highest BCUT2D eigenvalue weighted by Gasteiger charge is 2.59. The van der Waals surface area contributed by atoms with Crippen LogP contribution in [0.4, 0.5) is 0 Å². The lowest BCUT2D eigenvalue weighted by molar-refractivity contribution is -0.0572. The maximum Gasteiger partial charge on any atom is 0.0577 e. The van der Waals surface area contributed by atoms with Gasteiger partial charge in [-0.3, -0.25) is 0 Å². The zero-order valence-corrected chi connectivity index (χ0v) is 19.0. The van der Waals surface area contributed by atoms with E-state index in [1.807, 2.05) is 0 Å². The monoisotopic (exact) mass is 385 g/mol. The molecule has 0 spiro atoms. The fourth-order valence-corrected chi connectivity index (χ4v) is 8.54. The minimum absolute atomic E-state index is 0.0827. The normalized spacial score (nSPS) is 46.2. The Bertz CT molecular complexity index is 632. The quantitative estimate of drug-likeness (QED) is 0.388. The maximum atomic E-state index is 10.2. The van der Waals surface area contributed by atoms with Crippen LogP contribution in [0.15, 0.2) is 23.8 Å². The van der Waals surface area contributed by atoms with Gasteiger partial charge in [-0.25, -0.2) is 0 Å². The first-order valence-electron chi connectivity index (χ1n) is 12.3. The molecule has 0 aromatic carbocycles. The molecule has 4 aliphatic carbocycles. The van der Waals surface area contributed by atoms with Crippen molar-refractivity contribution < 1.29 is 5.11 Å². The van der Waals surface area contributed by atoms with Gasteiger partial charge < -0.3 is 5.11 Å². The summed E-state index contributed by atoms with van der Waals surface area (Å²) in [4.78, 5) is 0. The number of hydrogen-bond acceptors (Lipinski definition) is 1. The molecule has 0 bridgehead atoms. The summed E-state index contributed by atoms with van der Waals surface area (Å²) in [6.45, 7) is 14.0. The molecule has 4 rings (SSSR count). The molecule has 0 amide bonds. The second-order valence-electron chi connectivity index (χ2n) is 11.7. The smallest absolute Gasteiger partial charge is 0.0577 e. The molecule has 3 saturated carbocycles. The average Bonchev–Trinajstić information content (AvgIpc) is 2.99. The summed E-state index contributed by atoms with van der Waals surface area (Å²) < 4.78 is 0. The van der Waals surface area contributed by atoms with Crippen molar-refractivity contribution in [1.82, 2.24) is 0 Å². The number of aliphatic hydroxyl groups is 1. The van der Waals surface area contributed by atoms with Crippen LogP contribution in [0.3, 0.4) is 0 Å². The summed E-state index contributed by atoms with van der Waals surface area (Å²) in [7, 11) is 0. The molecular formula is C27H44O. The zero-order chi connectivity index (χ0) is 20.1. The summed E-state index contributed by atoms with van der Waals surface area (Å²) in [6, 6.07) is 0. The van der Waals surface area contributed by atoms with Crippen LogP contribution in [0.5, 0.6) is 0 Å². The lowest BCUT2D eigenvalue weighted by atomic mass is 9.47. The number of allylic oxidation sites excluding steroid dienone is 2. The molecule has 8 atom stereocenters. The first-order chi connectivity index (χ1) is 13.3. The summed E-state index contributed by atoms with van der Waals surface area (Å²) in [5.74, 6) is 4.49. The highest BCUT2D eigenvalue weighted by molar-refractivity contribution is 5.25. The van der Waals surface area contributed by atoms with Gasteiger partial charge in [-0.05, 0) is 112 Å². The van der Waals surface area contributed by atoms with Crippen molar-refractivity contribution in [2.45, 2.75) is 104 Å². The fourth-order valence-electron chi connectivity index (χ4n) is 8.54. The van der Waals surface area contributed by atoms with Crippen LogP contribution < -0.4 is 0 Å². The van der Waals surface area contributed by atoms with E-state index in [4.69, 9.17) is 0 Å². The Morgan fingerprint density at radius 3 is 2.71 bits per heavy atom. The Balaban J connectivity index is 1.50. The van der Waals surface area contributed by atoms with Crippen LogP contribution in [-0.2, 0) is 0 Å². The van der Waals surface area contributed by atoms with E-state index >= 15 is 0 Å². The standard InChI is InChI=1S/C27H44O/c1-18(2)7-6-8-19(3)23-11-12-24-22-10-9-20-17-21(28)13-15-26(20,4)25(22)14-16-27(23,24)5/h9,19,21-25,28H,1,6-8,10-17H2,2-5H3/t19-,21?,22+,23-,24+,25+,26+,27-/m1/s1/i1+1. The third-order valence-electron chi connectivity index (χ3n) is 10.1. The van der Waals surface area contributed by atoms with Gasteiger partial charge in [0.1, 0.15) is 0 Å². The molecule has 158 valence electrons. The summed E-state index contributed by atoms with van der Waals surface area (Å²) >= 11 is 0. The van der Waals surface area contributed by atoms with Gasteiger partial charge in [0.15, 0.2) is 0 Å². The van der Waals surface area contributed by atoms with Crippen molar-refractivity contribution in [2.75, 3.05) is 0 Å². The molecule has 0 heterocycles. The van der Waals surface area contributed by atoms with Crippen molar-refractivity contribution in [2.24, 2.45) is 40.4 Å². The van der Waals surface area contributed by atoms with Gasteiger partial charge >= 0.3 is 0 Å². The van der Waals surface area contributed by atoms with Crippen molar-refractivity contribution in [3.05, 3.63) is 23.8 Å². The first kappa shape index (κ1) is 20.7. The average molecular weight is 386 g/mol. The zero-order valence-electron chi connectivity index (χ0n) is 19.0. The molecule has 3 fully saturated rings. The highest BCUT2D eigenvalue weighted by atomic mass is 16.3. The van der Waals surface area contributed by atoms with Gasteiger partial charge in [0, 0.05) is 0 Å². The Kier molecular flexibility index (Phi) is 5.62. The molecule has 1 heteroatoms. The van der Waals surface area contributed by atoms with Gasteiger partial charge in [-0.2, -0.15) is 0 Å². The Hall–Kier alpha value is -0.560. The topological polar surface area (TPSA) is 20.2 Å². The molecule has 0 saturated heterocycles. The van der Waals surface area contributed by atoms with Gasteiger partial charge in [0.05, 0.1) is 6.10 Å². The van der Waals surface area contributed by atoms with Gasteiger partial charge in [0.2, 0.25) is 0 Å². The van der Waals surface area contributed by atoms with E-state index in [0.717, 1.165) is 42.4 Å². The van der Waals surface area contributed by atoms with Crippen molar-refractivity contribution in [3.63, 3.8) is 0 Å². The van der Waals surface area contributed by atoms with Crippen molar-refractivity contribution >= 4 is 0 Å². The SMILES string of the molecule is CC(=[13CH2])CCC[C@@H](C)[C@H]1CC[C@H]2[C@@H]3CC=C4CC(O)CC[C@]4(C)[C@H]3CC[C@]12C. The molecule has 0 aromatic heterocycles. The van der Waals surface area contributed by atoms with Crippen LogP contribution >= 0.6 is 0 Å². The highest BCUT2D eigenvalue weighted by Crippen LogP contribution is 2.67. The second-order valence-corrected chi connectivity index (χ2v) is 11.7. The van der Waals surface area contributed by atoms with E-state index in [9.17, 15) is 5.11 Å².